The number of fused-ring (bicyclic) bond motifs is 1. The molecule has 1 amide bonds. The second-order valence-electron chi connectivity index (χ2n) is 6.00. The van der Waals surface area contributed by atoms with Crippen LogP contribution in [-0.2, 0) is 11.8 Å². The number of ether oxygens (including phenoxy) is 2. The van der Waals surface area contributed by atoms with Crippen LogP contribution in [0.1, 0.15) is 20.8 Å². The van der Waals surface area contributed by atoms with E-state index in [2.05, 4.69) is 10.1 Å². The first-order valence-electron chi connectivity index (χ1n) is 7.91. The molecule has 0 fully saturated rings. The van der Waals surface area contributed by atoms with Crippen molar-refractivity contribution in [1.29, 1.82) is 0 Å². The first-order valence-corrected chi connectivity index (χ1v) is 7.91. The molecular formula is C18H17FN4O4. The molecule has 0 bridgehead atoms. The SMILES string of the molecule is COC(=O)c1cc(Oc2cnc(C(=O)N(C)C)c(F)c2)c2cn(C)nc2c1. The van der Waals surface area contributed by atoms with Crippen LogP contribution in [0.25, 0.3) is 10.9 Å². The molecule has 2 heterocycles. The highest BCUT2D eigenvalue weighted by Gasteiger charge is 2.18. The molecule has 0 N–H and O–H groups in total. The number of hydrogen-bond acceptors (Lipinski definition) is 6. The first kappa shape index (κ1) is 18.3. The van der Waals surface area contributed by atoms with E-state index < -0.39 is 17.7 Å². The van der Waals surface area contributed by atoms with E-state index in [1.807, 2.05) is 0 Å². The van der Waals surface area contributed by atoms with Crippen molar-refractivity contribution in [3.05, 3.63) is 47.7 Å². The van der Waals surface area contributed by atoms with E-state index in [-0.39, 0.29) is 22.8 Å². The summed E-state index contributed by atoms with van der Waals surface area (Å²) in [4.78, 5) is 28.8. The Bertz CT molecular complexity index is 1050. The molecule has 0 saturated carbocycles. The largest absolute Gasteiger partial charge is 0.465 e. The van der Waals surface area contributed by atoms with E-state index >= 15 is 0 Å². The average molecular weight is 372 g/mol. The topological polar surface area (TPSA) is 86.5 Å². The minimum absolute atomic E-state index is 0.0787. The number of aromatic nitrogens is 3. The zero-order chi connectivity index (χ0) is 19.7. The normalized spacial score (nSPS) is 10.7. The van der Waals surface area contributed by atoms with Crippen LogP contribution in [0.15, 0.2) is 30.6 Å². The predicted molar refractivity (Wildman–Crippen MR) is 94.3 cm³/mol. The van der Waals surface area contributed by atoms with Gasteiger partial charge in [-0.05, 0) is 12.1 Å². The molecule has 3 aromatic rings. The molecule has 8 nitrogen and oxygen atoms in total. The van der Waals surface area contributed by atoms with Crippen molar-refractivity contribution in [3.63, 3.8) is 0 Å². The van der Waals surface area contributed by atoms with Crippen molar-refractivity contribution in [3.8, 4) is 11.5 Å². The van der Waals surface area contributed by atoms with Crippen molar-refractivity contribution in [2.75, 3.05) is 21.2 Å². The lowest BCUT2D eigenvalue weighted by atomic mass is 10.1. The smallest absolute Gasteiger partial charge is 0.338 e. The standard InChI is InChI=1S/C18H17FN4O4/c1-22(2)17(24)16-13(19)7-11(8-20-16)27-15-6-10(18(25)26-4)5-14-12(15)9-23(3)21-14/h5-9H,1-4H3. The van der Waals surface area contributed by atoms with Gasteiger partial charge in [-0.2, -0.15) is 5.10 Å². The molecular weight excluding hydrogens is 355 g/mol. The van der Waals surface area contributed by atoms with E-state index in [9.17, 15) is 14.0 Å². The van der Waals surface area contributed by atoms with Gasteiger partial charge in [0.15, 0.2) is 11.5 Å². The third kappa shape index (κ3) is 3.57. The highest BCUT2D eigenvalue weighted by atomic mass is 19.1. The van der Waals surface area contributed by atoms with E-state index in [1.54, 1.807) is 24.0 Å². The summed E-state index contributed by atoms with van der Waals surface area (Å²) in [5, 5.41) is 4.88. The maximum Gasteiger partial charge on any atom is 0.338 e. The van der Waals surface area contributed by atoms with Gasteiger partial charge in [0.1, 0.15) is 11.5 Å². The molecule has 1 aromatic carbocycles. The van der Waals surface area contributed by atoms with Crippen molar-refractivity contribution in [1.82, 2.24) is 19.7 Å². The van der Waals surface area contributed by atoms with E-state index in [1.165, 1.54) is 38.4 Å². The van der Waals surface area contributed by atoms with Gasteiger partial charge in [0.2, 0.25) is 0 Å². The molecule has 9 heteroatoms. The van der Waals surface area contributed by atoms with Gasteiger partial charge in [-0.25, -0.2) is 14.2 Å². The quantitative estimate of drug-likeness (QED) is 0.654. The van der Waals surface area contributed by atoms with Gasteiger partial charge in [0.25, 0.3) is 5.91 Å². The minimum atomic E-state index is -0.808. The maximum absolute atomic E-state index is 14.3. The second-order valence-corrected chi connectivity index (χ2v) is 6.00. The van der Waals surface area contributed by atoms with Gasteiger partial charge in [-0.3, -0.25) is 9.48 Å². The number of pyridine rings is 1. The molecule has 27 heavy (non-hydrogen) atoms. The van der Waals surface area contributed by atoms with Crippen LogP contribution in [0.3, 0.4) is 0 Å². The van der Waals surface area contributed by atoms with E-state index in [4.69, 9.17) is 9.47 Å². The number of nitrogens with zero attached hydrogens (tertiary/aromatic N) is 4. The van der Waals surface area contributed by atoms with Crippen molar-refractivity contribution >= 4 is 22.8 Å². The number of amides is 1. The van der Waals surface area contributed by atoms with Crippen LogP contribution in [0.2, 0.25) is 0 Å². The number of rotatable bonds is 4. The summed E-state index contributed by atoms with van der Waals surface area (Å²) in [7, 11) is 6.01. The fourth-order valence-corrected chi connectivity index (χ4v) is 2.50. The number of methoxy groups -OCH3 is 1. The highest BCUT2D eigenvalue weighted by molar-refractivity contribution is 5.97. The minimum Gasteiger partial charge on any atom is -0.465 e. The summed E-state index contributed by atoms with van der Waals surface area (Å²) < 4.78 is 26.3. The highest BCUT2D eigenvalue weighted by Crippen LogP contribution is 2.31. The fourth-order valence-electron chi connectivity index (χ4n) is 2.50. The van der Waals surface area contributed by atoms with Crippen molar-refractivity contribution in [2.45, 2.75) is 0 Å². The summed E-state index contributed by atoms with van der Waals surface area (Å²) in [5.74, 6) is -1.55. The lowest BCUT2D eigenvalue weighted by molar-refractivity contribution is 0.0600. The summed E-state index contributed by atoms with van der Waals surface area (Å²) >= 11 is 0. The Hall–Kier alpha value is -3.49. The molecule has 0 spiro atoms. The Balaban J connectivity index is 2.02. The molecule has 0 aliphatic rings. The summed E-state index contributed by atoms with van der Waals surface area (Å²) in [6.07, 6.45) is 2.95. The molecule has 0 unspecified atom stereocenters. The molecule has 0 atom stereocenters. The summed E-state index contributed by atoms with van der Waals surface area (Å²) in [5.41, 5.74) is 0.456. The molecule has 0 saturated heterocycles. The Morgan fingerprint density at radius 3 is 2.59 bits per heavy atom. The van der Waals surface area contributed by atoms with Crippen LogP contribution in [0.5, 0.6) is 11.5 Å². The van der Waals surface area contributed by atoms with Gasteiger partial charge < -0.3 is 14.4 Å². The van der Waals surface area contributed by atoms with Crippen LogP contribution in [-0.4, -0.2) is 52.7 Å². The number of hydrogen-bond donors (Lipinski definition) is 0. The van der Waals surface area contributed by atoms with Gasteiger partial charge in [0.05, 0.1) is 29.8 Å². The van der Waals surface area contributed by atoms with Crippen LogP contribution < -0.4 is 4.74 Å². The monoisotopic (exact) mass is 372 g/mol. The van der Waals surface area contributed by atoms with Crippen molar-refractivity contribution < 1.29 is 23.5 Å². The molecule has 0 aliphatic heterocycles. The lowest BCUT2D eigenvalue weighted by Crippen LogP contribution is -2.23. The number of aryl methyl sites for hydroxylation is 1. The second kappa shape index (κ2) is 7.02. The number of esters is 1. The Morgan fingerprint density at radius 1 is 1.22 bits per heavy atom. The number of halogens is 1. The number of carbonyl (C=O) groups is 2. The lowest BCUT2D eigenvalue weighted by Gasteiger charge is -2.12. The van der Waals surface area contributed by atoms with Gasteiger partial charge in [-0.15, -0.1) is 0 Å². The number of benzene rings is 1. The van der Waals surface area contributed by atoms with Crippen LogP contribution in [0, 0.1) is 5.82 Å². The van der Waals surface area contributed by atoms with Crippen molar-refractivity contribution in [2.24, 2.45) is 7.05 Å². The zero-order valence-corrected chi connectivity index (χ0v) is 15.2. The number of carbonyl (C=O) groups excluding carboxylic acids is 2. The Morgan fingerprint density at radius 2 is 1.96 bits per heavy atom. The molecule has 140 valence electrons. The van der Waals surface area contributed by atoms with Gasteiger partial charge in [0, 0.05) is 33.4 Å². The summed E-state index contributed by atoms with van der Waals surface area (Å²) in [6.45, 7) is 0. The Labute approximate surface area is 154 Å². The average Bonchev–Trinajstić information content (AvgIpc) is 3.01. The van der Waals surface area contributed by atoms with Crippen LogP contribution in [0.4, 0.5) is 4.39 Å². The molecule has 2 aromatic heterocycles. The third-order valence-corrected chi connectivity index (χ3v) is 3.78. The van der Waals surface area contributed by atoms with Gasteiger partial charge >= 0.3 is 5.97 Å². The fraction of sp³-hybridized carbons (Fsp3) is 0.222. The van der Waals surface area contributed by atoms with E-state index in [0.717, 1.165) is 6.07 Å². The Kier molecular flexibility index (Phi) is 4.76. The molecule has 3 rings (SSSR count). The van der Waals surface area contributed by atoms with Gasteiger partial charge in [-0.1, -0.05) is 0 Å². The molecule has 0 radical (unpaired) electrons. The van der Waals surface area contributed by atoms with E-state index in [0.29, 0.717) is 10.9 Å². The maximum atomic E-state index is 14.3. The molecule has 0 aliphatic carbocycles. The van der Waals surface area contributed by atoms with Crippen LogP contribution >= 0.6 is 0 Å². The predicted octanol–water partition coefficient (Wildman–Crippen LogP) is 2.39. The zero-order valence-electron chi connectivity index (χ0n) is 15.2. The summed E-state index contributed by atoms with van der Waals surface area (Å²) in [6, 6.07) is 4.12. The first-order chi connectivity index (χ1) is 12.8. The third-order valence-electron chi connectivity index (χ3n) is 3.78.